The lowest BCUT2D eigenvalue weighted by molar-refractivity contribution is -0.302. The lowest BCUT2D eigenvalue weighted by Crippen LogP contribution is -2.60. The molecule has 0 aromatic rings. The maximum Gasteiger partial charge on any atom is 0.220 e. The molecule has 87 heavy (non-hydrogen) atoms. The quantitative estimate of drug-likeness (QED) is 0.0261. The van der Waals surface area contributed by atoms with Crippen molar-refractivity contribution < 1.29 is 39.8 Å². The molecule has 6 N–H and O–H groups in total. The number of aliphatic hydroxyl groups is 5. The molecule has 1 rings (SSSR count). The van der Waals surface area contributed by atoms with E-state index in [-0.39, 0.29) is 12.5 Å². The first-order valence-electron chi connectivity index (χ1n) is 35.9. The molecule has 7 unspecified atom stereocenters. The number of carbonyl (C=O) groups excluding carboxylic acids is 1. The molecule has 1 aliphatic rings. The first kappa shape index (κ1) is 81.3. The molecule has 9 heteroatoms. The van der Waals surface area contributed by atoms with Crippen LogP contribution in [-0.2, 0) is 14.3 Å². The number of carbonyl (C=O) groups is 1. The van der Waals surface area contributed by atoms with Crippen LogP contribution in [0.25, 0.3) is 0 Å². The minimum Gasteiger partial charge on any atom is -0.394 e. The summed E-state index contributed by atoms with van der Waals surface area (Å²) in [7, 11) is 0. The molecular formula is C78H133NO8. The zero-order chi connectivity index (χ0) is 62.8. The Balaban J connectivity index is 2.15. The van der Waals surface area contributed by atoms with Crippen molar-refractivity contribution in [2.45, 2.75) is 339 Å². The number of aliphatic hydroxyl groups excluding tert-OH is 5. The Bertz CT molecular complexity index is 1840. The van der Waals surface area contributed by atoms with E-state index in [1.807, 2.05) is 0 Å². The Hall–Kier alpha value is -3.67. The van der Waals surface area contributed by atoms with E-state index in [2.05, 4.69) is 153 Å². The minimum absolute atomic E-state index is 0.149. The number of allylic oxidation sites excluding steroid dienone is 22. The van der Waals surface area contributed by atoms with Gasteiger partial charge in [0, 0.05) is 6.42 Å². The molecule has 0 aromatic carbocycles. The Labute approximate surface area is 534 Å². The molecule has 9 nitrogen and oxygen atoms in total. The van der Waals surface area contributed by atoms with Crippen LogP contribution in [0.5, 0.6) is 0 Å². The van der Waals surface area contributed by atoms with Crippen molar-refractivity contribution in [1.29, 1.82) is 0 Å². The molecule has 0 radical (unpaired) electrons. The lowest BCUT2D eigenvalue weighted by Gasteiger charge is -2.40. The van der Waals surface area contributed by atoms with Gasteiger partial charge in [-0.3, -0.25) is 4.79 Å². The predicted octanol–water partition coefficient (Wildman–Crippen LogP) is 20.0. The van der Waals surface area contributed by atoms with Crippen molar-refractivity contribution in [3.8, 4) is 0 Å². The van der Waals surface area contributed by atoms with Gasteiger partial charge in [0.25, 0.3) is 0 Å². The Kier molecular flexibility index (Phi) is 61.0. The summed E-state index contributed by atoms with van der Waals surface area (Å²) in [6.07, 6.45) is 92.2. The first-order chi connectivity index (χ1) is 42.8. The van der Waals surface area contributed by atoms with Gasteiger partial charge in [-0.15, -0.1) is 0 Å². The average Bonchev–Trinajstić information content (AvgIpc) is 3.47. The largest absolute Gasteiger partial charge is 0.394 e. The smallest absolute Gasteiger partial charge is 0.220 e. The van der Waals surface area contributed by atoms with Crippen molar-refractivity contribution in [2.24, 2.45) is 0 Å². The molecular weight excluding hydrogens is 1080 g/mol. The van der Waals surface area contributed by atoms with E-state index < -0.39 is 49.5 Å². The van der Waals surface area contributed by atoms with Crippen molar-refractivity contribution in [2.75, 3.05) is 13.2 Å². The van der Waals surface area contributed by atoms with Gasteiger partial charge in [-0.1, -0.05) is 327 Å². The molecule has 7 atom stereocenters. The summed E-state index contributed by atoms with van der Waals surface area (Å²) in [5, 5.41) is 54.9. The summed E-state index contributed by atoms with van der Waals surface area (Å²) in [6.45, 7) is 3.74. The number of rotatable bonds is 61. The van der Waals surface area contributed by atoms with E-state index >= 15 is 0 Å². The number of ether oxygens (including phenoxy) is 2. The van der Waals surface area contributed by atoms with Gasteiger partial charge < -0.3 is 40.3 Å². The normalized spacial score (nSPS) is 18.8. The van der Waals surface area contributed by atoms with E-state index in [1.165, 1.54) is 148 Å². The summed E-state index contributed by atoms with van der Waals surface area (Å²) in [5.41, 5.74) is 0. The number of hydrogen-bond donors (Lipinski definition) is 6. The average molecular weight is 1210 g/mol. The fraction of sp³-hybridized carbons (Fsp3) is 0.705. The fourth-order valence-corrected chi connectivity index (χ4v) is 10.7. The van der Waals surface area contributed by atoms with Gasteiger partial charge in [0.15, 0.2) is 6.29 Å². The van der Waals surface area contributed by atoms with Crippen molar-refractivity contribution in [3.63, 3.8) is 0 Å². The third-order valence-electron chi connectivity index (χ3n) is 16.3. The van der Waals surface area contributed by atoms with Crippen LogP contribution in [0.2, 0.25) is 0 Å². The SMILES string of the molecule is CC/C=C\C/C=C\C/C=C\C/C=C\C/C=C\C/C=C\C/C=C\C/C=C\C/C=C\C/C=C\C/C=C\CCCCCCCCCC(=O)NC(COC1OC(CO)C(O)C(O)C1O)C(O)CCCCCCCCCCCCCCCCCCCCCCCCC. The van der Waals surface area contributed by atoms with Crippen LogP contribution in [0.3, 0.4) is 0 Å². The van der Waals surface area contributed by atoms with Gasteiger partial charge in [0.1, 0.15) is 24.4 Å². The van der Waals surface area contributed by atoms with E-state index in [0.717, 1.165) is 122 Å². The molecule has 0 saturated carbocycles. The second-order valence-electron chi connectivity index (χ2n) is 24.3. The highest BCUT2D eigenvalue weighted by Gasteiger charge is 2.44. The molecule has 0 spiro atoms. The third kappa shape index (κ3) is 53.8. The summed E-state index contributed by atoms with van der Waals surface area (Å²) < 4.78 is 11.4. The Morgan fingerprint density at radius 3 is 1.06 bits per heavy atom. The molecule has 1 fully saturated rings. The van der Waals surface area contributed by atoms with Crippen LogP contribution in [0, 0.1) is 0 Å². The van der Waals surface area contributed by atoms with Gasteiger partial charge in [-0.05, 0) is 96.3 Å². The van der Waals surface area contributed by atoms with Crippen molar-refractivity contribution in [3.05, 3.63) is 134 Å². The number of nitrogens with one attached hydrogen (secondary N) is 1. The molecule has 1 heterocycles. The predicted molar refractivity (Wildman–Crippen MR) is 373 cm³/mol. The van der Waals surface area contributed by atoms with Gasteiger partial charge in [-0.25, -0.2) is 0 Å². The molecule has 1 saturated heterocycles. The Morgan fingerprint density at radius 2 is 0.713 bits per heavy atom. The zero-order valence-corrected chi connectivity index (χ0v) is 55.7. The van der Waals surface area contributed by atoms with Crippen LogP contribution in [0.1, 0.15) is 296 Å². The van der Waals surface area contributed by atoms with Crippen molar-refractivity contribution in [1.82, 2.24) is 5.32 Å². The third-order valence-corrected chi connectivity index (χ3v) is 16.3. The van der Waals surface area contributed by atoms with Crippen LogP contribution in [-0.4, -0.2) is 87.5 Å². The van der Waals surface area contributed by atoms with Gasteiger partial charge in [-0.2, -0.15) is 0 Å². The Morgan fingerprint density at radius 1 is 0.402 bits per heavy atom. The highest BCUT2D eigenvalue weighted by molar-refractivity contribution is 5.76. The molecule has 1 amide bonds. The second kappa shape index (κ2) is 65.3. The highest BCUT2D eigenvalue weighted by atomic mass is 16.7. The summed E-state index contributed by atoms with van der Waals surface area (Å²) in [5.74, 6) is -0.157. The molecule has 1 aliphatic heterocycles. The molecule has 498 valence electrons. The van der Waals surface area contributed by atoms with Crippen LogP contribution >= 0.6 is 0 Å². The molecule has 0 bridgehead atoms. The minimum atomic E-state index is -1.56. The monoisotopic (exact) mass is 1210 g/mol. The number of amides is 1. The number of unbranched alkanes of at least 4 members (excludes halogenated alkanes) is 29. The zero-order valence-electron chi connectivity index (χ0n) is 55.7. The highest BCUT2D eigenvalue weighted by Crippen LogP contribution is 2.23. The molecule has 0 aromatic heterocycles. The van der Waals surface area contributed by atoms with Crippen molar-refractivity contribution >= 4 is 5.91 Å². The van der Waals surface area contributed by atoms with Crippen LogP contribution in [0.4, 0.5) is 0 Å². The van der Waals surface area contributed by atoms with Gasteiger partial charge in [0.2, 0.25) is 5.91 Å². The van der Waals surface area contributed by atoms with E-state index in [0.29, 0.717) is 12.8 Å². The maximum atomic E-state index is 13.2. The molecule has 0 aliphatic carbocycles. The summed E-state index contributed by atoms with van der Waals surface area (Å²) in [4.78, 5) is 13.2. The second-order valence-corrected chi connectivity index (χ2v) is 24.3. The van der Waals surface area contributed by atoms with E-state index in [4.69, 9.17) is 9.47 Å². The van der Waals surface area contributed by atoms with Crippen LogP contribution < -0.4 is 5.32 Å². The standard InChI is InChI=1S/C78H133NO8/c1-3-5-7-9-11-13-15-17-19-21-23-25-27-28-29-30-31-32-33-34-35-36-37-38-39-40-41-42-43-44-46-48-50-52-54-56-58-60-62-64-66-68-74(82)79-71(70-86-78-77(85)76(84)75(83)73(69-80)87-78)72(81)67-65-63-61-59-57-55-53-51-49-47-45-26-24-22-20-18-16-14-12-10-8-6-4-2/h5,7,11,13,17,19,23,25,28-29,31-32,34-35,37-38,40-41,43-44,48,50,71-73,75-78,80-81,83-85H,3-4,6,8-10,12,14-16,18,20-22,24,26-27,30,33,36,39,42,45-47,49,51-70H2,1-2H3,(H,79,82)/b7-5-,13-11-,19-17-,25-23-,29-28-,32-31-,35-34-,38-37-,41-40-,44-43-,50-48-. The fourth-order valence-electron chi connectivity index (χ4n) is 10.7. The summed E-state index contributed by atoms with van der Waals surface area (Å²) in [6, 6.07) is -0.736. The van der Waals surface area contributed by atoms with E-state index in [1.54, 1.807) is 0 Å². The number of hydrogen-bond acceptors (Lipinski definition) is 8. The van der Waals surface area contributed by atoms with Crippen LogP contribution in [0.15, 0.2) is 134 Å². The van der Waals surface area contributed by atoms with Gasteiger partial charge >= 0.3 is 0 Å². The first-order valence-corrected chi connectivity index (χ1v) is 35.9. The van der Waals surface area contributed by atoms with E-state index in [9.17, 15) is 30.3 Å². The maximum absolute atomic E-state index is 13.2. The lowest BCUT2D eigenvalue weighted by atomic mass is 9.99. The topological polar surface area (TPSA) is 149 Å². The van der Waals surface area contributed by atoms with Gasteiger partial charge in [0.05, 0.1) is 25.4 Å². The summed E-state index contributed by atoms with van der Waals surface area (Å²) >= 11 is 0.